The lowest BCUT2D eigenvalue weighted by Crippen LogP contribution is -2.43. The molecule has 2 aromatic rings. The Morgan fingerprint density at radius 3 is 2.58 bits per heavy atom. The van der Waals surface area contributed by atoms with Gasteiger partial charge in [0, 0.05) is 5.69 Å². The molecule has 130 valence electrons. The van der Waals surface area contributed by atoms with Gasteiger partial charge in [-0.1, -0.05) is 13.3 Å². The molecule has 0 spiro atoms. The number of amides is 2. The fourth-order valence-electron chi connectivity index (χ4n) is 1.98. The Labute approximate surface area is 146 Å². The number of hydrogen-bond donors (Lipinski definition) is 3. The zero-order valence-electron chi connectivity index (χ0n) is 13.3. The van der Waals surface area contributed by atoms with E-state index in [4.69, 9.17) is 5.73 Å². The molecule has 0 aliphatic heterocycles. The number of rotatable bonds is 7. The maximum atomic E-state index is 11.8. The Bertz CT molecular complexity index is 644. The molecular weight excluding hydrogens is 332 g/mol. The summed E-state index contributed by atoms with van der Waals surface area (Å²) in [7, 11) is 0. The second kappa shape index (κ2) is 9.64. The molecule has 0 saturated carbocycles. The lowest BCUT2D eigenvalue weighted by Gasteiger charge is -2.11. The summed E-state index contributed by atoms with van der Waals surface area (Å²) in [6.45, 7) is 1.84. The van der Waals surface area contributed by atoms with Crippen LogP contribution in [0.25, 0.3) is 5.69 Å². The maximum absolute atomic E-state index is 11.8. The molecule has 8 nitrogen and oxygen atoms in total. The molecule has 0 radical (unpaired) electrons. The largest absolute Gasteiger partial charge is 0.346 e. The molecule has 1 atom stereocenters. The first kappa shape index (κ1) is 19.6. The first-order valence-corrected chi connectivity index (χ1v) is 7.38. The summed E-state index contributed by atoms with van der Waals surface area (Å²) >= 11 is 0. The molecule has 1 aromatic heterocycles. The van der Waals surface area contributed by atoms with Crippen LogP contribution in [-0.2, 0) is 9.59 Å². The number of carbonyl (C=O) groups excluding carboxylic acids is 2. The van der Waals surface area contributed by atoms with Crippen LogP contribution in [0.2, 0.25) is 0 Å². The van der Waals surface area contributed by atoms with Crippen LogP contribution < -0.4 is 16.4 Å². The monoisotopic (exact) mass is 352 g/mol. The van der Waals surface area contributed by atoms with Crippen LogP contribution in [0.4, 0.5) is 5.69 Å². The molecule has 0 aliphatic carbocycles. The second-order valence-electron chi connectivity index (χ2n) is 5.05. The minimum absolute atomic E-state index is 0. The van der Waals surface area contributed by atoms with Crippen molar-refractivity contribution < 1.29 is 9.59 Å². The van der Waals surface area contributed by atoms with E-state index < -0.39 is 6.04 Å². The predicted molar refractivity (Wildman–Crippen MR) is 93.1 cm³/mol. The number of nitrogens with zero attached hydrogens (tertiary/aromatic N) is 3. The number of benzene rings is 1. The topological polar surface area (TPSA) is 115 Å². The average molecular weight is 353 g/mol. The van der Waals surface area contributed by atoms with Crippen LogP contribution in [0.5, 0.6) is 0 Å². The van der Waals surface area contributed by atoms with Gasteiger partial charge in [-0.25, -0.2) is 9.67 Å². The molecule has 0 aliphatic rings. The summed E-state index contributed by atoms with van der Waals surface area (Å²) < 4.78 is 1.61. The Morgan fingerprint density at radius 2 is 2.00 bits per heavy atom. The Morgan fingerprint density at radius 1 is 1.29 bits per heavy atom. The van der Waals surface area contributed by atoms with E-state index in [0.717, 1.165) is 12.1 Å². The minimum atomic E-state index is -0.574. The number of aromatic nitrogens is 3. The standard InChI is InChI=1S/C15H20N6O2.ClH/c1-2-3-13(16)15(23)18-8-14(22)20-11-4-6-12(7-5-11)21-10-17-9-19-21;/h4-7,9-10,13H,2-3,8,16H2,1H3,(H,18,23)(H,20,22);1H. The van der Waals surface area contributed by atoms with E-state index in [1.165, 1.54) is 6.33 Å². The lowest BCUT2D eigenvalue weighted by molar-refractivity contribution is -0.125. The third-order valence-electron chi connectivity index (χ3n) is 3.19. The van der Waals surface area contributed by atoms with Crippen molar-refractivity contribution in [3.8, 4) is 5.69 Å². The highest BCUT2D eigenvalue weighted by molar-refractivity contribution is 5.95. The Hall–Kier alpha value is -2.45. The predicted octanol–water partition coefficient (Wildman–Crippen LogP) is 0.871. The van der Waals surface area contributed by atoms with Crippen molar-refractivity contribution in [3.63, 3.8) is 0 Å². The van der Waals surface area contributed by atoms with Gasteiger partial charge in [0.05, 0.1) is 18.3 Å². The van der Waals surface area contributed by atoms with Crippen molar-refractivity contribution in [2.75, 3.05) is 11.9 Å². The third kappa shape index (κ3) is 5.64. The van der Waals surface area contributed by atoms with Crippen LogP contribution >= 0.6 is 12.4 Å². The summed E-state index contributed by atoms with van der Waals surface area (Å²) in [6, 6.07) is 6.54. The molecule has 0 fully saturated rings. The first-order chi connectivity index (χ1) is 11.1. The van der Waals surface area contributed by atoms with Crippen molar-refractivity contribution >= 4 is 29.9 Å². The molecule has 1 unspecified atom stereocenters. The van der Waals surface area contributed by atoms with Gasteiger partial charge in [-0.3, -0.25) is 9.59 Å². The summed E-state index contributed by atoms with van der Waals surface area (Å²) in [5.74, 6) is -0.626. The summed E-state index contributed by atoms with van der Waals surface area (Å²) in [4.78, 5) is 27.3. The number of nitrogens with two attached hydrogens (primary N) is 1. The highest BCUT2D eigenvalue weighted by Gasteiger charge is 2.13. The van der Waals surface area contributed by atoms with E-state index >= 15 is 0 Å². The van der Waals surface area contributed by atoms with Gasteiger partial charge in [-0.05, 0) is 30.7 Å². The molecule has 2 rings (SSSR count). The highest BCUT2D eigenvalue weighted by atomic mass is 35.5. The number of halogens is 1. The van der Waals surface area contributed by atoms with Gasteiger partial charge in [0.2, 0.25) is 11.8 Å². The SMILES string of the molecule is CCCC(N)C(=O)NCC(=O)Nc1ccc(-n2cncn2)cc1.Cl. The van der Waals surface area contributed by atoms with E-state index in [-0.39, 0.29) is 30.8 Å². The van der Waals surface area contributed by atoms with Crippen LogP contribution in [0.15, 0.2) is 36.9 Å². The maximum Gasteiger partial charge on any atom is 0.243 e. The lowest BCUT2D eigenvalue weighted by atomic mass is 10.2. The fourth-order valence-corrected chi connectivity index (χ4v) is 1.98. The summed E-state index contributed by atoms with van der Waals surface area (Å²) in [5.41, 5.74) is 7.14. The quantitative estimate of drug-likeness (QED) is 0.684. The average Bonchev–Trinajstić information content (AvgIpc) is 3.08. The van der Waals surface area contributed by atoms with E-state index in [2.05, 4.69) is 20.7 Å². The van der Waals surface area contributed by atoms with Crippen molar-refractivity contribution in [2.45, 2.75) is 25.8 Å². The van der Waals surface area contributed by atoms with Gasteiger partial charge in [-0.2, -0.15) is 5.10 Å². The molecule has 0 saturated heterocycles. The normalized spacial score (nSPS) is 11.2. The van der Waals surface area contributed by atoms with Gasteiger partial charge in [0.15, 0.2) is 0 Å². The van der Waals surface area contributed by atoms with Crippen molar-refractivity contribution in [2.24, 2.45) is 5.73 Å². The van der Waals surface area contributed by atoms with Gasteiger partial charge < -0.3 is 16.4 Å². The van der Waals surface area contributed by atoms with E-state index in [1.807, 2.05) is 6.92 Å². The zero-order valence-corrected chi connectivity index (χ0v) is 14.1. The first-order valence-electron chi connectivity index (χ1n) is 7.38. The molecular formula is C15H21ClN6O2. The van der Waals surface area contributed by atoms with Crippen molar-refractivity contribution in [3.05, 3.63) is 36.9 Å². The number of anilines is 1. The van der Waals surface area contributed by atoms with Crippen molar-refractivity contribution in [1.29, 1.82) is 0 Å². The number of hydrogen-bond acceptors (Lipinski definition) is 5. The van der Waals surface area contributed by atoms with Gasteiger partial charge >= 0.3 is 0 Å². The smallest absolute Gasteiger partial charge is 0.243 e. The van der Waals surface area contributed by atoms with Crippen LogP contribution in [-0.4, -0.2) is 39.2 Å². The van der Waals surface area contributed by atoms with Gasteiger partial charge in [-0.15, -0.1) is 12.4 Å². The van der Waals surface area contributed by atoms with E-state index in [9.17, 15) is 9.59 Å². The molecule has 2 amide bonds. The van der Waals surface area contributed by atoms with Crippen LogP contribution in [0.3, 0.4) is 0 Å². The van der Waals surface area contributed by atoms with E-state index in [1.54, 1.807) is 35.3 Å². The number of nitrogens with one attached hydrogen (secondary N) is 2. The summed E-state index contributed by atoms with van der Waals surface area (Å²) in [5, 5.41) is 9.24. The highest BCUT2D eigenvalue weighted by Crippen LogP contribution is 2.11. The van der Waals surface area contributed by atoms with E-state index in [0.29, 0.717) is 12.1 Å². The Balaban J connectivity index is 0.00000288. The fraction of sp³-hybridized carbons (Fsp3) is 0.333. The Kier molecular flexibility index (Phi) is 7.87. The van der Waals surface area contributed by atoms with Crippen LogP contribution in [0, 0.1) is 0 Å². The molecule has 1 aromatic carbocycles. The molecule has 0 bridgehead atoms. The van der Waals surface area contributed by atoms with Gasteiger partial charge in [0.25, 0.3) is 0 Å². The minimum Gasteiger partial charge on any atom is -0.346 e. The number of carbonyl (C=O) groups is 2. The molecule has 4 N–H and O–H groups in total. The third-order valence-corrected chi connectivity index (χ3v) is 3.19. The van der Waals surface area contributed by atoms with Crippen LogP contribution in [0.1, 0.15) is 19.8 Å². The second-order valence-corrected chi connectivity index (χ2v) is 5.05. The molecule has 1 heterocycles. The molecule has 9 heteroatoms. The van der Waals surface area contributed by atoms with Crippen molar-refractivity contribution in [1.82, 2.24) is 20.1 Å². The summed E-state index contributed by atoms with van der Waals surface area (Å²) in [6.07, 6.45) is 4.44. The van der Waals surface area contributed by atoms with Gasteiger partial charge in [0.1, 0.15) is 12.7 Å². The molecule has 24 heavy (non-hydrogen) atoms. The zero-order chi connectivity index (χ0) is 16.7.